The third-order valence-corrected chi connectivity index (χ3v) is 4.04. The topological polar surface area (TPSA) is 55.6 Å². The van der Waals surface area contributed by atoms with E-state index in [4.69, 9.17) is 10.2 Å². The van der Waals surface area contributed by atoms with Crippen molar-refractivity contribution in [1.82, 2.24) is 14.7 Å². The SMILES string of the molecule is [2H]Cc1nc2c([2H])c(C[2H])c([2H])cn2c1C(=O)NCc1ccc2c(c1)CCO2. The first kappa shape index (κ1) is 10.9. The Hall–Kier alpha value is -2.82. The predicted molar refractivity (Wildman–Crippen MR) is 91.5 cm³/mol. The monoisotopic (exact) mass is 325 g/mol. The molecule has 24 heavy (non-hydrogen) atoms. The van der Waals surface area contributed by atoms with E-state index in [1.165, 1.54) is 10.6 Å². The molecule has 1 aromatic carbocycles. The number of rotatable bonds is 3. The maximum Gasteiger partial charge on any atom is 0.270 e. The molecule has 2 aromatic heterocycles. The van der Waals surface area contributed by atoms with Gasteiger partial charge in [-0.15, -0.1) is 0 Å². The van der Waals surface area contributed by atoms with Gasteiger partial charge in [-0.3, -0.25) is 9.20 Å². The van der Waals surface area contributed by atoms with E-state index in [1.807, 2.05) is 18.2 Å². The summed E-state index contributed by atoms with van der Waals surface area (Å²) in [5.74, 6) is 0.466. The average Bonchev–Trinajstić information content (AvgIpc) is 3.30. The maximum absolute atomic E-state index is 12.8. The molecule has 1 N–H and O–H groups in total. The summed E-state index contributed by atoms with van der Waals surface area (Å²) in [4.78, 5) is 17.1. The van der Waals surface area contributed by atoms with Crippen LogP contribution in [0.3, 0.4) is 0 Å². The number of pyridine rings is 1. The predicted octanol–water partition coefficient (Wildman–Crippen LogP) is 2.82. The minimum Gasteiger partial charge on any atom is -0.493 e. The number of imidazole rings is 1. The van der Waals surface area contributed by atoms with Gasteiger partial charge in [-0.25, -0.2) is 4.98 Å². The normalized spacial score (nSPS) is 15.2. The highest BCUT2D eigenvalue weighted by Gasteiger charge is 2.17. The van der Waals surface area contributed by atoms with Gasteiger partial charge in [-0.1, -0.05) is 12.1 Å². The average molecular weight is 325 g/mol. The first-order valence-corrected chi connectivity index (χ1v) is 7.64. The second-order valence-corrected chi connectivity index (χ2v) is 5.70. The lowest BCUT2D eigenvalue weighted by molar-refractivity contribution is 0.0944. The highest BCUT2D eigenvalue weighted by molar-refractivity contribution is 5.94. The van der Waals surface area contributed by atoms with Gasteiger partial charge in [-0.2, -0.15) is 0 Å². The van der Waals surface area contributed by atoms with E-state index in [-0.39, 0.29) is 48.5 Å². The van der Waals surface area contributed by atoms with Crippen molar-refractivity contribution in [3.05, 3.63) is 64.6 Å². The summed E-state index contributed by atoms with van der Waals surface area (Å²) >= 11 is 0. The summed E-state index contributed by atoms with van der Waals surface area (Å²) in [5, 5.41) is 2.84. The zero-order chi connectivity index (χ0) is 19.8. The van der Waals surface area contributed by atoms with Crippen LogP contribution in [0.1, 0.15) is 38.4 Å². The van der Waals surface area contributed by atoms with Crippen LogP contribution in [0, 0.1) is 13.8 Å². The molecule has 0 saturated carbocycles. The summed E-state index contributed by atoms with van der Waals surface area (Å²) in [6.07, 6.45) is 2.25. The van der Waals surface area contributed by atoms with Crippen LogP contribution in [0.25, 0.3) is 5.65 Å². The first-order valence-electron chi connectivity index (χ1n) is 10.1. The summed E-state index contributed by atoms with van der Waals surface area (Å²) in [7, 11) is 0. The Balaban J connectivity index is 1.65. The van der Waals surface area contributed by atoms with E-state index in [2.05, 4.69) is 10.3 Å². The molecule has 4 rings (SSSR count). The van der Waals surface area contributed by atoms with Crippen LogP contribution in [0.4, 0.5) is 0 Å². The number of carbonyl (C=O) groups excluding carboxylic acids is 1. The van der Waals surface area contributed by atoms with Gasteiger partial charge in [0.2, 0.25) is 0 Å². The Labute approximate surface area is 145 Å². The maximum atomic E-state index is 12.8. The number of benzene rings is 1. The van der Waals surface area contributed by atoms with Gasteiger partial charge in [0.1, 0.15) is 17.1 Å². The minimum absolute atomic E-state index is 0.00843. The van der Waals surface area contributed by atoms with Crippen LogP contribution in [0.5, 0.6) is 5.75 Å². The van der Waals surface area contributed by atoms with E-state index in [1.54, 1.807) is 0 Å². The number of ether oxygens (including phenoxy) is 1. The zero-order valence-corrected chi connectivity index (χ0v) is 13.1. The molecular weight excluding hydrogens is 302 g/mol. The molecule has 122 valence electrons. The van der Waals surface area contributed by atoms with Crippen molar-refractivity contribution in [3.63, 3.8) is 0 Å². The Morgan fingerprint density at radius 2 is 2.46 bits per heavy atom. The van der Waals surface area contributed by atoms with Crippen molar-refractivity contribution in [3.8, 4) is 5.75 Å². The molecule has 5 nitrogen and oxygen atoms in total. The lowest BCUT2D eigenvalue weighted by Gasteiger charge is -2.08. The third kappa shape index (κ3) is 2.52. The molecule has 1 aliphatic rings. The lowest BCUT2D eigenvalue weighted by atomic mass is 10.1. The number of nitrogens with zero attached hydrogens (tertiary/aromatic N) is 2. The van der Waals surface area contributed by atoms with Gasteiger partial charge in [0.15, 0.2) is 0 Å². The van der Waals surface area contributed by atoms with Crippen LogP contribution in [-0.2, 0) is 13.0 Å². The van der Waals surface area contributed by atoms with Gasteiger partial charge in [0.05, 0.1) is 15.0 Å². The largest absolute Gasteiger partial charge is 0.493 e. The fourth-order valence-electron chi connectivity index (χ4n) is 2.86. The molecule has 1 aliphatic heterocycles. The lowest BCUT2D eigenvalue weighted by Crippen LogP contribution is -2.25. The molecule has 3 aromatic rings. The number of hydrogen-bond acceptors (Lipinski definition) is 3. The molecule has 3 heterocycles. The summed E-state index contributed by atoms with van der Waals surface area (Å²) in [6, 6.07) is 5.76. The second kappa shape index (κ2) is 5.67. The van der Waals surface area contributed by atoms with Crippen LogP contribution >= 0.6 is 0 Å². The molecule has 5 heteroatoms. The Kier molecular flexibility index (Phi) is 2.57. The Morgan fingerprint density at radius 3 is 3.33 bits per heavy atom. The van der Waals surface area contributed by atoms with Crippen molar-refractivity contribution in [2.45, 2.75) is 26.8 Å². The summed E-state index contributed by atoms with van der Waals surface area (Å²) in [5.41, 5.74) is 2.91. The fraction of sp³-hybridized carbons (Fsp3) is 0.263. The molecule has 0 unspecified atom stereocenters. The molecule has 0 radical (unpaired) electrons. The molecule has 0 atom stereocenters. The number of aryl methyl sites for hydroxylation is 1. The van der Waals surface area contributed by atoms with Crippen molar-refractivity contribution in [2.75, 3.05) is 6.61 Å². The zero-order valence-electron chi connectivity index (χ0n) is 17.1. The Morgan fingerprint density at radius 1 is 1.50 bits per heavy atom. The molecule has 0 aliphatic carbocycles. The number of fused-ring (bicyclic) bond motifs is 2. The van der Waals surface area contributed by atoms with Gasteiger partial charge in [0, 0.05) is 21.9 Å². The van der Waals surface area contributed by atoms with Gasteiger partial charge in [0.25, 0.3) is 5.91 Å². The van der Waals surface area contributed by atoms with Crippen molar-refractivity contribution < 1.29 is 15.0 Å². The quantitative estimate of drug-likeness (QED) is 0.805. The molecule has 0 fully saturated rings. The molecule has 0 spiro atoms. The van der Waals surface area contributed by atoms with Gasteiger partial charge >= 0.3 is 0 Å². The number of carbonyl (C=O) groups is 1. The first-order chi connectivity index (χ1) is 13.5. The number of hydrogen-bond donors (Lipinski definition) is 1. The molecular formula is C19H19N3O2. The van der Waals surface area contributed by atoms with E-state index >= 15 is 0 Å². The van der Waals surface area contributed by atoms with E-state index < -0.39 is 5.91 Å². The van der Waals surface area contributed by atoms with Gasteiger partial charge < -0.3 is 10.1 Å². The van der Waals surface area contributed by atoms with E-state index in [0.29, 0.717) is 13.2 Å². The minimum atomic E-state index is -0.413. The van der Waals surface area contributed by atoms with Crippen LogP contribution in [-0.4, -0.2) is 21.9 Å². The smallest absolute Gasteiger partial charge is 0.270 e. The molecule has 0 saturated heterocycles. The van der Waals surface area contributed by atoms with Crippen LogP contribution in [0.15, 0.2) is 36.5 Å². The number of aromatic nitrogens is 2. The van der Waals surface area contributed by atoms with Gasteiger partial charge in [-0.05, 0) is 48.6 Å². The third-order valence-electron chi connectivity index (χ3n) is 4.04. The second-order valence-electron chi connectivity index (χ2n) is 5.70. The van der Waals surface area contributed by atoms with Crippen LogP contribution < -0.4 is 10.1 Å². The fourth-order valence-corrected chi connectivity index (χ4v) is 2.86. The highest BCUT2D eigenvalue weighted by Crippen LogP contribution is 2.25. The van der Waals surface area contributed by atoms with Crippen molar-refractivity contribution in [1.29, 1.82) is 0 Å². The molecule has 1 amide bonds. The van der Waals surface area contributed by atoms with Crippen molar-refractivity contribution in [2.24, 2.45) is 0 Å². The summed E-state index contributed by atoms with van der Waals surface area (Å²) in [6.45, 7) is 0.554. The number of nitrogens with one attached hydrogen (secondary N) is 1. The highest BCUT2D eigenvalue weighted by atomic mass is 16.5. The summed E-state index contributed by atoms with van der Waals surface area (Å²) < 4.78 is 38.3. The van der Waals surface area contributed by atoms with Crippen LogP contribution in [0.2, 0.25) is 0 Å². The number of amides is 1. The Bertz CT molecular complexity index is 1080. The van der Waals surface area contributed by atoms with E-state index in [9.17, 15) is 4.79 Å². The van der Waals surface area contributed by atoms with Crippen molar-refractivity contribution >= 4 is 11.6 Å². The standard InChI is InChI=1S/C19H19N3O2/c1-12-5-7-22-17(9-12)21-13(2)18(22)19(23)20-11-14-3-4-16-15(10-14)6-8-24-16/h3-5,7,9-10H,6,8,11H2,1-2H3,(H,20,23)/i1D,2D,5D,9D. The molecule has 0 bridgehead atoms. The van der Waals surface area contributed by atoms with E-state index in [0.717, 1.165) is 23.3 Å².